The molecule has 1 aromatic carbocycles. The van der Waals surface area contributed by atoms with E-state index in [0.717, 1.165) is 81.6 Å². The summed E-state index contributed by atoms with van der Waals surface area (Å²) >= 11 is 0. The zero-order valence-electron chi connectivity index (χ0n) is 19.4. The highest BCUT2D eigenvalue weighted by Crippen LogP contribution is 2.45. The lowest BCUT2D eigenvalue weighted by molar-refractivity contribution is -0.142. The number of amides is 2. The van der Waals surface area contributed by atoms with Crippen LogP contribution in [-0.2, 0) is 26.8 Å². The summed E-state index contributed by atoms with van der Waals surface area (Å²) in [6.07, 6.45) is 9.38. The van der Waals surface area contributed by atoms with Crippen LogP contribution in [0.2, 0.25) is 0 Å². The van der Waals surface area contributed by atoms with Crippen LogP contribution in [0.25, 0.3) is 0 Å². The molecule has 2 fully saturated rings. The van der Waals surface area contributed by atoms with E-state index in [1.807, 2.05) is 12.1 Å². The normalized spacial score (nSPS) is 22.1. The van der Waals surface area contributed by atoms with Gasteiger partial charge in [0.15, 0.2) is 0 Å². The largest absolute Gasteiger partial charge is 0.372 e. The van der Waals surface area contributed by atoms with Crippen molar-refractivity contribution in [3.63, 3.8) is 0 Å². The first-order valence-electron chi connectivity index (χ1n) is 12.4. The first-order chi connectivity index (χ1) is 15.5. The number of nitrogens with zero attached hydrogens (tertiary/aromatic N) is 2. The van der Waals surface area contributed by atoms with Gasteiger partial charge in [-0.1, -0.05) is 38.3 Å². The van der Waals surface area contributed by atoms with E-state index in [9.17, 15) is 13.8 Å². The lowest BCUT2D eigenvalue weighted by Gasteiger charge is -2.30. The van der Waals surface area contributed by atoms with Gasteiger partial charge in [-0.05, 0) is 63.2 Å². The number of carbonyl (C=O) groups excluding carboxylic acids is 2. The maximum atomic E-state index is 13.0. The number of imide groups is 1. The van der Waals surface area contributed by atoms with E-state index < -0.39 is 10.8 Å². The van der Waals surface area contributed by atoms with Crippen LogP contribution in [0.15, 0.2) is 23.1 Å². The van der Waals surface area contributed by atoms with Crippen LogP contribution < -0.4 is 5.32 Å². The van der Waals surface area contributed by atoms with Gasteiger partial charge in [-0.15, -0.1) is 0 Å². The summed E-state index contributed by atoms with van der Waals surface area (Å²) in [5.41, 5.74) is 1.82. The highest BCUT2D eigenvalue weighted by atomic mass is 32.2. The van der Waals surface area contributed by atoms with Crippen molar-refractivity contribution in [1.29, 1.82) is 0 Å². The maximum Gasteiger partial charge on any atom is 0.235 e. The second-order valence-electron chi connectivity index (χ2n) is 9.63. The third kappa shape index (κ3) is 4.93. The van der Waals surface area contributed by atoms with E-state index in [-0.39, 0.29) is 17.2 Å². The Labute approximate surface area is 194 Å². The molecule has 2 amide bonds. The van der Waals surface area contributed by atoms with Gasteiger partial charge in [0, 0.05) is 19.5 Å². The molecule has 1 aromatic rings. The number of hydrogen-bond acceptors (Lipinski definition) is 5. The first kappa shape index (κ1) is 23.4. The molecule has 2 aliphatic heterocycles. The van der Waals surface area contributed by atoms with Gasteiger partial charge in [-0.3, -0.25) is 18.7 Å². The minimum atomic E-state index is -0.947. The van der Waals surface area contributed by atoms with Gasteiger partial charge in [-0.25, -0.2) is 0 Å². The standard InChI is InChI=1S/C25H37N3O3S/c1-2-14-27(17-11-20-9-8-10-21-23(20)32(31)19-26-21)15-6-7-16-28-22(29)18-25(24(28)30)12-4-3-5-13-25/h8-10,26H,2-7,11-19H2,1H3. The molecular weight excluding hydrogens is 422 g/mol. The van der Waals surface area contributed by atoms with Crippen molar-refractivity contribution < 1.29 is 13.8 Å². The third-order valence-corrected chi connectivity index (χ3v) is 8.71. The van der Waals surface area contributed by atoms with Crippen molar-refractivity contribution in [3.8, 4) is 0 Å². The molecule has 0 aromatic heterocycles. The topological polar surface area (TPSA) is 69.7 Å². The molecule has 1 atom stereocenters. The van der Waals surface area contributed by atoms with Gasteiger partial charge >= 0.3 is 0 Å². The van der Waals surface area contributed by atoms with Gasteiger partial charge in [0.05, 0.1) is 32.7 Å². The predicted octanol–water partition coefficient (Wildman–Crippen LogP) is 3.92. The minimum absolute atomic E-state index is 0.0434. The molecule has 1 aliphatic carbocycles. The molecule has 1 saturated carbocycles. The minimum Gasteiger partial charge on any atom is -0.372 e. The van der Waals surface area contributed by atoms with Gasteiger partial charge in [0.1, 0.15) is 0 Å². The summed E-state index contributed by atoms with van der Waals surface area (Å²) in [4.78, 5) is 30.5. The van der Waals surface area contributed by atoms with Crippen molar-refractivity contribution >= 4 is 28.3 Å². The Balaban J connectivity index is 1.25. The number of unbranched alkanes of at least 4 members (excludes halogenated alkanes) is 1. The number of anilines is 1. The molecule has 1 N–H and O–H groups in total. The summed E-state index contributed by atoms with van der Waals surface area (Å²) in [6, 6.07) is 6.14. The van der Waals surface area contributed by atoms with Crippen LogP contribution in [0.5, 0.6) is 0 Å². The van der Waals surface area contributed by atoms with Crippen LogP contribution in [0.3, 0.4) is 0 Å². The smallest absolute Gasteiger partial charge is 0.235 e. The summed E-state index contributed by atoms with van der Waals surface area (Å²) in [5.74, 6) is 0.661. The quantitative estimate of drug-likeness (QED) is 0.424. The van der Waals surface area contributed by atoms with E-state index in [0.29, 0.717) is 18.8 Å². The first-order valence-corrected chi connectivity index (χ1v) is 13.7. The van der Waals surface area contributed by atoms with Crippen LogP contribution in [-0.4, -0.2) is 57.9 Å². The molecular formula is C25H37N3O3S. The van der Waals surface area contributed by atoms with Gasteiger partial charge in [0.2, 0.25) is 11.8 Å². The Morgan fingerprint density at radius 3 is 2.69 bits per heavy atom. The number of likely N-dealkylation sites (tertiary alicyclic amines) is 1. The van der Waals surface area contributed by atoms with Gasteiger partial charge in [-0.2, -0.15) is 0 Å². The maximum absolute atomic E-state index is 13.0. The Bertz CT molecular complexity index is 866. The van der Waals surface area contributed by atoms with Gasteiger partial charge < -0.3 is 10.2 Å². The summed E-state index contributed by atoms with van der Waals surface area (Å²) in [6.45, 7) is 5.69. The second kappa shape index (κ2) is 10.5. The van der Waals surface area contributed by atoms with E-state index in [1.165, 1.54) is 12.0 Å². The highest BCUT2D eigenvalue weighted by Gasteiger charge is 2.51. The summed E-state index contributed by atoms with van der Waals surface area (Å²) < 4.78 is 12.3. The zero-order chi connectivity index (χ0) is 22.6. The predicted molar refractivity (Wildman–Crippen MR) is 128 cm³/mol. The summed E-state index contributed by atoms with van der Waals surface area (Å²) in [5, 5.41) is 3.23. The van der Waals surface area contributed by atoms with Crippen molar-refractivity contribution in [2.45, 2.75) is 76.0 Å². The van der Waals surface area contributed by atoms with E-state index >= 15 is 0 Å². The molecule has 7 heteroatoms. The van der Waals surface area contributed by atoms with Gasteiger partial charge in [0.25, 0.3) is 0 Å². The van der Waals surface area contributed by atoms with Crippen LogP contribution in [0.4, 0.5) is 5.69 Å². The molecule has 4 rings (SSSR count). The average molecular weight is 460 g/mol. The molecule has 0 bridgehead atoms. The SMILES string of the molecule is CCCN(CCCCN1C(=O)CC2(CCCCC2)C1=O)CCc1cccc2c1S(=O)CN2. The number of nitrogens with one attached hydrogen (secondary N) is 1. The van der Waals surface area contributed by atoms with Crippen LogP contribution in [0, 0.1) is 5.41 Å². The fourth-order valence-electron chi connectivity index (χ4n) is 5.65. The van der Waals surface area contributed by atoms with E-state index in [2.05, 4.69) is 23.2 Å². The molecule has 1 spiro atoms. The fourth-order valence-corrected chi connectivity index (χ4v) is 6.93. The molecule has 2 heterocycles. The van der Waals surface area contributed by atoms with E-state index in [1.54, 1.807) is 4.90 Å². The number of hydrogen-bond donors (Lipinski definition) is 1. The average Bonchev–Trinajstić information content (AvgIpc) is 3.28. The lowest BCUT2D eigenvalue weighted by atomic mass is 9.73. The third-order valence-electron chi connectivity index (χ3n) is 7.36. The Hall–Kier alpha value is -1.73. The molecule has 3 aliphatic rings. The highest BCUT2D eigenvalue weighted by molar-refractivity contribution is 7.85. The Morgan fingerprint density at radius 1 is 1.09 bits per heavy atom. The molecule has 32 heavy (non-hydrogen) atoms. The molecule has 6 nitrogen and oxygen atoms in total. The molecule has 1 unspecified atom stereocenters. The Kier molecular flexibility index (Phi) is 7.66. The second-order valence-corrected chi connectivity index (χ2v) is 11.0. The molecule has 176 valence electrons. The number of rotatable bonds is 10. The zero-order valence-corrected chi connectivity index (χ0v) is 20.2. The summed E-state index contributed by atoms with van der Waals surface area (Å²) in [7, 11) is -0.947. The number of benzene rings is 1. The lowest BCUT2D eigenvalue weighted by Crippen LogP contribution is -2.37. The number of fused-ring (bicyclic) bond motifs is 1. The number of carbonyl (C=O) groups is 2. The van der Waals surface area contributed by atoms with E-state index in [4.69, 9.17) is 0 Å². The fraction of sp³-hybridized carbons (Fsp3) is 0.680. The monoisotopic (exact) mass is 459 g/mol. The van der Waals surface area contributed by atoms with Crippen LogP contribution in [0.1, 0.15) is 70.3 Å². The van der Waals surface area contributed by atoms with Crippen molar-refractivity contribution in [2.75, 3.05) is 37.4 Å². The van der Waals surface area contributed by atoms with Crippen molar-refractivity contribution in [2.24, 2.45) is 5.41 Å². The molecule has 1 saturated heterocycles. The van der Waals surface area contributed by atoms with Crippen molar-refractivity contribution in [1.82, 2.24) is 9.80 Å². The van der Waals surface area contributed by atoms with Crippen molar-refractivity contribution in [3.05, 3.63) is 23.8 Å². The Morgan fingerprint density at radius 2 is 1.91 bits per heavy atom. The van der Waals surface area contributed by atoms with Crippen LogP contribution >= 0.6 is 0 Å². The molecule has 0 radical (unpaired) electrons.